The molecule has 160 valence electrons. The molecule has 5 unspecified atom stereocenters. The van der Waals surface area contributed by atoms with Gasteiger partial charge in [0.15, 0.2) is 0 Å². The number of amides is 2. The van der Waals surface area contributed by atoms with Crippen LogP contribution in [0.25, 0.3) is 0 Å². The Morgan fingerprint density at radius 2 is 1.86 bits per heavy atom. The number of hydrogen-bond acceptors (Lipinski definition) is 3. The van der Waals surface area contributed by atoms with E-state index in [9.17, 15) is 19.5 Å². The third-order valence-corrected chi connectivity index (χ3v) is 8.97. The average molecular weight is 403 g/mol. The topological polar surface area (TPSA) is 95.5 Å². The molecule has 3 N–H and O–H groups in total. The van der Waals surface area contributed by atoms with Gasteiger partial charge in [-0.1, -0.05) is 19.9 Å². The van der Waals surface area contributed by atoms with E-state index in [4.69, 9.17) is 0 Å². The van der Waals surface area contributed by atoms with Crippen molar-refractivity contribution in [1.82, 2.24) is 10.6 Å². The third kappa shape index (κ3) is 3.01. The molecule has 3 fully saturated rings. The monoisotopic (exact) mass is 402 g/mol. The number of rotatable bonds is 3. The Labute approximate surface area is 172 Å². The van der Waals surface area contributed by atoms with E-state index in [1.807, 2.05) is 0 Å². The van der Waals surface area contributed by atoms with Crippen LogP contribution in [-0.2, 0) is 14.4 Å². The van der Waals surface area contributed by atoms with Crippen molar-refractivity contribution in [2.45, 2.75) is 77.8 Å². The average Bonchev–Trinajstić information content (AvgIpc) is 2.99. The van der Waals surface area contributed by atoms with E-state index in [1.165, 1.54) is 0 Å². The zero-order chi connectivity index (χ0) is 21.2. The molecule has 2 amide bonds. The molecule has 0 aromatic carbocycles. The fourth-order valence-corrected chi connectivity index (χ4v) is 7.21. The van der Waals surface area contributed by atoms with Crippen LogP contribution in [0.5, 0.6) is 0 Å². The first kappa shape index (κ1) is 20.4. The second kappa shape index (κ2) is 6.58. The molecule has 4 aliphatic rings. The van der Waals surface area contributed by atoms with Gasteiger partial charge in [-0.05, 0) is 81.6 Å². The molecule has 3 aliphatic carbocycles. The van der Waals surface area contributed by atoms with Crippen molar-refractivity contribution >= 4 is 17.8 Å². The van der Waals surface area contributed by atoms with Crippen molar-refractivity contribution < 1.29 is 19.5 Å². The summed E-state index contributed by atoms with van der Waals surface area (Å²) in [6.07, 6.45) is 9.82. The van der Waals surface area contributed by atoms with Gasteiger partial charge >= 0.3 is 5.97 Å². The van der Waals surface area contributed by atoms with Crippen LogP contribution < -0.4 is 10.6 Å². The zero-order valence-corrected chi connectivity index (χ0v) is 18.0. The summed E-state index contributed by atoms with van der Waals surface area (Å²) in [5.41, 5.74) is -1.34. The molecule has 29 heavy (non-hydrogen) atoms. The van der Waals surface area contributed by atoms with Crippen LogP contribution >= 0.6 is 0 Å². The molecule has 4 rings (SSSR count). The Morgan fingerprint density at radius 3 is 2.55 bits per heavy atom. The van der Waals surface area contributed by atoms with E-state index in [0.29, 0.717) is 17.8 Å². The second-order valence-corrected chi connectivity index (χ2v) is 10.8. The maximum atomic E-state index is 13.1. The highest BCUT2D eigenvalue weighted by atomic mass is 16.4. The largest absolute Gasteiger partial charge is 0.480 e. The van der Waals surface area contributed by atoms with Gasteiger partial charge in [0.1, 0.15) is 5.54 Å². The summed E-state index contributed by atoms with van der Waals surface area (Å²) in [7, 11) is 0. The summed E-state index contributed by atoms with van der Waals surface area (Å²) < 4.78 is 0. The summed E-state index contributed by atoms with van der Waals surface area (Å²) in [5.74, 6) is 0.337. The van der Waals surface area contributed by atoms with E-state index in [-0.39, 0.29) is 34.6 Å². The number of carboxylic acids is 1. The molecule has 0 radical (unpaired) electrons. The first-order valence-electron chi connectivity index (χ1n) is 11.0. The number of nitrogens with one attached hydrogen (secondary N) is 2. The van der Waals surface area contributed by atoms with Crippen molar-refractivity contribution in [3.8, 4) is 0 Å². The van der Waals surface area contributed by atoms with Crippen LogP contribution in [0.3, 0.4) is 0 Å². The van der Waals surface area contributed by atoms with Gasteiger partial charge in [-0.3, -0.25) is 9.59 Å². The SMILES string of the molecule is CC(C)(NC(=O)C1CCC2C3CCC4NC(=O)C=C[C@]4(C)C3CC[C@]12C)C(=O)O. The van der Waals surface area contributed by atoms with Crippen molar-refractivity contribution in [2.24, 2.45) is 34.5 Å². The summed E-state index contributed by atoms with van der Waals surface area (Å²) in [6.45, 7) is 7.64. The lowest BCUT2D eigenvalue weighted by atomic mass is 9.48. The quantitative estimate of drug-likeness (QED) is 0.676. The van der Waals surface area contributed by atoms with Crippen LogP contribution in [0.1, 0.15) is 66.2 Å². The lowest BCUT2D eigenvalue weighted by molar-refractivity contribution is -0.148. The second-order valence-electron chi connectivity index (χ2n) is 10.8. The number of carbonyl (C=O) groups excluding carboxylic acids is 2. The molecule has 6 heteroatoms. The molecule has 0 aromatic heterocycles. The maximum Gasteiger partial charge on any atom is 0.328 e. The first-order valence-corrected chi connectivity index (χ1v) is 11.0. The molecule has 0 aromatic rings. The van der Waals surface area contributed by atoms with Crippen molar-refractivity contribution in [3.05, 3.63) is 12.2 Å². The van der Waals surface area contributed by atoms with E-state index in [1.54, 1.807) is 19.9 Å². The molecular formula is C23H34N2O4. The highest BCUT2D eigenvalue weighted by Gasteiger charge is 2.61. The van der Waals surface area contributed by atoms with Crippen molar-refractivity contribution in [2.75, 3.05) is 0 Å². The fourth-order valence-electron chi connectivity index (χ4n) is 7.21. The van der Waals surface area contributed by atoms with Gasteiger partial charge < -0.3 is 15.7 Å². The molecule has 0 bridgehead atoms. The van der Waals surface area contributed by atoms with Gasteiger partial charge in [-0.25, -0.2) is 4.79 Å². The number of carbonyl (C=O) groups is 3. The van der Waals surface area contributed by atoms with Gasteiger partial charge in [0, 0.05) is 17.4 Å². The van der Waals surface area contributed by atoms with Crippen LogP contribution in [0.15, 0.2) is 12.2 Å². The number of hydrogen-bond donors (Lipinski definition) is 3. The summed E-state index contributed by atoms with van der Waals surface area (Å²) >= 11 is 0. The van der Waals surface area contributed by atoms with Crippen LogP contribution in [0.4, 0.5) is 0 Å². The molecule has 1 heterocycles. The molecule has 1 aliphatic heterocycles. The lowest BCUT2D eigenvalue weighted by Crippen LogP contribution is -2.60. The van der Waals surface area contributed by atoms with Crippen molar-refractivity contribution in [1.29, 1.82) is 0 Å². The number of aliphatic carboxylic acids is 1. The Bertz CT molecular complexity index is 775. The van der Waals surface area contributed by atoms with Crippen molar-refractivity contribution in [3.63, 3.8) is 0 Å². The van der Waals surface area contributed by atoms with E-state index >= 15 is 0 Å². The molecule has 3 saturated carbocycles. The maximum absolute atomic E-state index is 13.1. The third-order valence-electron chi connectivity index (χ3n) is 8.97. The van der Waals surface area contributed by atoms with Gasteiger partial charge in [0.2, 0.25) is 11.8 Å². The van der Waals surface area contributed by atoms with Gasteiger partial charge in [0.05, 0.1) is 0 Å². The molecule has 6 nitrogen and oxygen atoms in total. The Morgan fingerprint density at radius 1 is 1.14 bits per heavy atom. The molecule has 7 atom stereocenters. The predicted molar refractivity (Wildman–Crippen MR) is 109 cm³/mol. The van der Waals surface area contributed by atoms with E-state index < -0.39 is 11.5 Å². The van der Waals surface area contributed by atoms with Crippen LogP contribution in [-0.4, -0.2) is 34.5 Å². The fraction of sp³-hybridized carbons (Fsp3) is 0.783. The normalized spacial score (nSPS) is 43.6. The summed E-state index contributed by atoms with van der Waals surface area (Å²) in [4.78, 5) is 36.4. The Balaban J connectivity index is 1.56. The minimum Gasteiger partial charge on any atom is -0.480 e. The minimum atomic E-state index is -1.25. The van der Waals surface area contributed by atoms with E-state index in [0.717, 1.165) is 38.5 Å². The smallest absolute Gasteiger partial charge is 0.328 e. The van der Waals surface area contributed by atoms with Gasteiger partial charge in [0.25, 0.3) is 0 Å². The van der Waals surface area contributed by atoms with Crippen LogP contribution in [0.2, 0.25) is 0 Å². The molecular weight excluding hydrogens is 368 g/mol. The highest BCUT2D eigenvalue weighted by molar-refractivity contribution is 5.89. The van der Waals surface area contributed by atoms with Crippen LogP contribution in [0, 0.1) is 34.5 Å². The Kier molecular flexibility index (Phi) is 4.63. The standard InChI is InChI=1S/C23H34N2O4/c1-21(2,20(28)29)25-19(27)16-7-6-14-13-5-8-17-23(4,12-10-18(26)24-17)15(13)9-11-22(14,16)3/h10,12-17H,5-9,11H2,1-4H3,(H,24,26)(H,25,27)(H,28,29)/t13?,14?,15?,16?,17?,22-,23+/m0/s1. The van der Waals surface area contributed by atoms with Gasteiger partial charge in [-0.15, -0.1) is 0 Å². The number of carboxylic acid groups (broad SMARTS) is 1. The molecule has 0 spiro atoms. The van der Waals surface area contributed by atoms with Gasteiger partial charge in [-0.2, -0.15) is 0 Å². The minimum absolute atomic E-state index is 0.0101. The zero-order valence-electron chi connectivity index (χ0n) is 18.0. The summed E-state index contributed by atoms with van der Waals surface area (Å²) in [5, 5.41) is 15.4. The lowest BCUT2D eigenvalue weighted by Gasteiger charge is -2.58. The highest BCUT2D eigenvalue weighted by Crippen LogP contribution is 2.65. The Hall–Kier alpha value is -1.85. The van der Waals surface area contributed by atoms with E-state index in [2.05, 4.69) is 30.6 Å². The first-order chi connectivity index (χ1) is 13.5. The summed E-state index contributed by atoms with van der Waals surface area (Å²) in [6, 6.07) is 0.211. The number of fused-ring (bicyclic) bond motifs is 5. The predicted octanol–water partition coefficient (Wildman–Crippen LogP) is 2.88. The molecule has 0 saturated heterocycles.